The van der Waals surface area contributed by atoms with Crippen molar-refractivity contribution in [1.29, 1.82) is 0 Å². The zero-order valence-electron chi connectivity index (χ0n) is 13.9. The van der Waals surface area contributed by atoms with E-state index in [0.717, 1.165) is 11.3 Å². The summed E-state index contributed by atoms with van der Waals surface area (Å²) in [5.74, 6) is 1.30. The molecule has 20 heavy (non-hydrogen) atoms. The first kappa shape index (κ1) is 15.4. The number of allylic oxidation sites excluding steroid dienone is 3. The predicted octanol–water partition coefficient (Wildman–Crippen LogP) is 4.23. The van der Waals surface area contributed by atoms with Gasteiger partial charge in [-0.2, -0.15) is 0 Å². The van der Waals surface area contributed by atoms with E-state index in [1.165, 1.54) is 5.57 Å². The summed E-state index contributed by atoms with van der Waals surface area (Å²) < 4.78 is 6.15. The zero-order chi connectivity index (χ0) is 15.3. The molecule has 2 aliphatic rings. The highest BCUT2D eigenvalue weighted by Crippen LogP contribution is 2.50. The Morgan fingerprint density at radius 1 is 1.20 bits per heavy atom. The molecule has 0 aromatic rings. The topological polar surface area (TPSA) is 29.5 Å². The van der Waals surface area contributed by atoms with Gasteiger partial charge in [0.05, 0.1) is 6.61 Å². The Labute approximate surface area is 123 Å². The minimum atomic E-state index is -0.601. The molecule has 1 aliphatic heterocycles. The lowest BCUT2D eigenvalue weighted by atomic mass is 9.73. The van der Waals surface area contributed by atoms with E-state index in [1.807, 2.05) is 6.92 Å². The third kappa shape index (κ3) is 2.46. The molecule has 0 fully saturated rings. The average Bonchev–Trinajstić information content (AvgIpc) is 2.59. The number of ether oxygens (including phenoxy) is 1. The van der Waals surface area contributed by atoms with E-state index >= 15 is 0 Å². The Balaban J connectivity index is 2.53. The Morgan fingerprint density at radius 2 is 1.80 bits per heavy atom. The first-order valence-corrected chi connectivity index (χ1v) is 7.44. The lowest BCUT2D eigenvalue weighted by molar-refractivity contribution is 0.00820. The lowest BCUT2D eigenvalue weighted by Crippen LogP contribution is -2.36. The van der Waals surface area contributed by atoms with Crippen LogP contribution in [0.15, 0.2) is 35.1 Å². The Kier molecular flexibility index (Phi) is 3.45. The van der Waals surface area contributed by atoms with Crippen molar-refractivity contribution in [3.05, 3.63) is 35.1 Å². The highest BCUT2D eigenvalue weighted by atomic mass is 16.5. The van der Waals surface area contributed by atoms with Crippen LogP contribution in [0, 0.1) is 16.7 Å². The number of aliphatic hydroxyl groups is 1. The summed E-state index contributed by atoms with van der Waals surface area (Å²) in [5.41, 5.74) is 1.91. The van der Waals surface area contributed by atoms with Gasteiger partial charge in [0.2, 0.25) is 0 Å². The zero-order valence-corrected chi connectivity index (χ0v) is 13.9. The van der Waals surface area contributed by atoms with Crippen LogP contribution in [0.4, 0.5) is 0 Å². The minimum absolute atomic E-state index is 0.00840. The van der Waals surface area contributed by atoms with E-state index in [0.29, 0.717) is 5.92 Å². The van der Waals surface area contributed by atoms with Crippen LogP contribution in [0.25, 0.3) is 0 Å². The summed E-state index contributed by atoms with van der Waals surface area (Å²) in [7, 11) is 0. The molecule has 2 atom stereocenters. The molecule has 0 spiro atoms. The van der Waals surface area contributed by atoms with Crippen LogP contribution in [-0.4, -0.2) is 17.3 Å². The third-order valence-electron chi connectivity index (χ3n) is 4.25. The Morgan fingerprint density at radius 3 is 2.25 bits per heavy atom. The molecule has 0 aromatic heterocycles. The first-order chi connectivity index (χ1) is 8.99. The van der Waals surface area contributed by atoms with Crippen LogP contribution in [0.3, 0.4) is 0 Å². The van der Waals surface area contributed by atoms with Gasteiger partial charge in [0, 0.05) is 11.5 Å². The maximum absolute atomic E-state index is 9.82. The van der Waals surface area contributed by atoms with Crippen LogP contribution in [0.2, 0.25) is 0 Å². The maximum atomic E-state index is 9.82. The van der Waals surface area contributed by atoms with Gasteiger partial charge in [-0.3, -0.25) is 0 Å². The third-order valence-corrected chi connectivity index (χ3v) is 4.25. The fourth-order valence-corrected chi connectivity index (χ4v) is 3.31. The largest absolute Gasteiger partial charge is 0.480 e. The molecule has 0 bridgehead atoms. The quantitative estimate of drug-likeness (QED) is 0.776. The SMILES string of the molecule is CC(C)(C)C1=C2C=CC(C(C)(C)C)C=C2OC1(C)CO. The van der Waals surface area contributed by atoms with Crippen molar-refractivity contribution in [2.45, 2.75) is 54.1 Å². The normalized spacial score (nSPS) is 30.2. The molecule has 0 aromatic carbocycles. The van der Waals surface area contributed by atoms with Gasteiger partial charge in [-0.05, 0) is 29.4 Å². The van der Waals surface area contributed by atoms with E-state index in [1.54, 1.807) is 0 Å². The van der Waals surface area contributed by atoms with Crippen molar-refractivity contribution in [2.24, 2.45) is 16.7 Å². The second-order valence-corrected chi connectivity index (χ2v) is 8.31. The molecule has 0 radical (unpaired) electrons. The highest BCUT2D eigenvalue weighted by Gasteiger charge is 2.46. The van der Waals surface area contributed by atoms with Gasteiger partial charge in [-0.25, -0.2) is 0 Å². The van der Waals surface area contributed by atoms with Gasteiger partial charge in [-0.15, -0.1) is 0 Å². The highest BCUT2D eigenvalue weighted by molar-refractivity contribution is 5.53. The number of hydrogen-bond donors (Lipinski definition) is 1. The van der Waals surface area contributed by atoms with E-state index in [-0.39, 0.29) is 17.4 Å². The van der Waals surface area contributed by atoms with Gasteiger partial charge < -0.3 is 9.84 Å². The van der Waals surface area contributed by atoms with Crippen molar-refractivity contribution >= 4 is 0 Å². The van der Waals surface area contributed by atoms with Gasteiger partial charge >= 0.3 is 0 Å². The van der Waals surface area contributed by atoms with Crippen LogP contribution in [0.1, 0.15) is 48.5 Å². The summed E-state index contributed by atoms with van der Waals surface area (Å²) in [6.45, 7) is 15.2. The molecule has 2 rings (SSSR count). The van der Waals surface area contributed by atoms with Gasteiger partial charge in [0.1, 0.15) is 5.76 Å². The van der Waals surface area contributed by atoms with Crippen molar-refractivity contribution < 1.29 is 9.84 Å². The molecule has 1 heterocycles. The first-order valence-electron chi connectivity index (χ1n) is 7.44. The van der Waals surface area contributed by atoms with E-state index < -0.39 is 5.60 Å². The summed E-state index contributed by atoms with van der Waals surface area (Å²) in [6, 6.07) is 0. The van der Waals surface area contributed by atoms with Crippen molar-refractivity contribution in [1.82, 2.24) is 0 Å². The molecule has 0 saturated heterocycles. The van der Waals surface area contributed by atoms with Gasteiger partial charge in [-0.1, -0.05) is 53.7 Å². The summed E-state index contributed by atoms with van der Waals surface area (Å²) in [6.07, 6.45) is 6.66. The second kappa shape index (κ2) is 4.49. The number of rotatable bonds is 1. The predicted molar refractivity (Wildman–Crippen MR) is 83.2 cm³/mol. The fraction of sp³-hybridized carbons (Fsp3) is 0.667. The molecule has 0 amide bonds. The lowest BCUT2D eigenvalue weighted by Gasteiger charge is -2.33. The van der Waals surface area contributed by atoms with E-state index in [4.69, 9.17) is 4.74 Å². The van der Waals surface area contributed by atoms with Crippen LogP contribution >= 0.6 is 0 Å². The molecule has 0 saturated carbocycles. The molecule has 2 heteroatoms. The summed E-state index contributed by atoms with van der Waals surface area (Å²) in [4.78, 5) is 0. The van der Waals surface area contributed by atoms with Crippen LogP contribution in [-0.2, 0) is 4.74 Å². The van der Waals surface area contributed by atoms with Crippen molar-refractivity contribution in [2.75, 3.05) is 6.61 Å². The fourth-order valence-electron chi connectivity index (χ4n) is 3.31. The molecule has 1 aliphatic carbocycles. The van der Waals surface area contributed by atoms with Crippen LogP contribution < -0.4 is 0 Å². The molecule has 2 unspecified atom stereocenters. The molecular weight excluding hydrogens is 248 g/mol. The van der Waals surface area contributed by atoms with E-state index in [9.17, 15) is 5.11 Å². The maximum Gasteiger partial charge on any atom is 0.152 e. The van der Waals surface area contributed by atoms with E-state index in [2.05, 4.69) is 59.8 Å². The molecule has 1 N–H and O–H groups in total. The number of aliphatic hydroxyl groups excluding tert-OH is 1. The van der Waals surface area contributed by atoms with Crippen LogP contribution in [0.5, 0.6) is 0 Å². The second-order valence-electron chi connectivity index (χ2n) is 8.31. The van der Waals surface area contributed by atoms with Gasteiger partial charge in [0.25, 0.3) is 0 Å². The van der Waals surface area contributed by atoms with Crippen molar-refractivity contribution in [3.8, 4) is 0 Å². The average molecular weight is 276 g/mol. The number of fused-ring (bicyclic) bond motifs is 1. The summed E-state index contributed by atoms with van der Waals surface area (Å²) >= 11 is 0. The number of hydrogen-bond acceptors (Lipinski definition) is 2. The molecule has 2 nitrogen and oxygen atoms in total. The standard InChI is InChI=1S/C18H28O2/c1-16(2,3)12-8-9-13-14(10-12)20-18(7,11-19)15(13)17(4,5)6/h8-10,12,19H,11H2,1-7H3. The monoisotopic (exact) mass is 276 g/mol. The Hall–Kier alpha value is -1.02. The van der Waals surface area contributed by atoms with Gasteiger partial charge in [0.15, 0.2) is 5.60 Å². The summed E-state index contributed by atoms with van der Waals surface area (Å²) in [5, 5.41) is 9.82. The van der Waals surface area contributed by atoms with Crippen molar-refractivity contribution in [3.63, 3.8) is 0 Å². The Bertz CT molecular complexity index is 494. The molecular formula is C18H28O2. The smallest absolute Gasteiger partial charge is 0.152 e. The minimum Gasteiger partial charge on any atom is -0.480 e. The molecule has 112 valence electrons.